The SMILES string of the molecule is Cc1ccc(C2(O)CC(C)(O)NN2)cc1. The molecule has 15 heavy (non-hydrogen) atoms. The van der Waals surface area contributed by atoms with E-state index in [2.05, 4.69) is 10.9 Å². The van der Waals surface area contributed by atoms with Crippen LogP contribution in [0.3, 0.4) is 0 Å². The Morgan fingerprint density at radius 3 is 2.20 bits per heavy atom. The van der Waals surface area contributed by atoms with Crippen LogP contribution in [0, 0.1) is 6.92 Å². The van der Waals surface area contributed by atoms with E-state index in [4.69, 9.17) is 0 Å². The topological polar surface area (TPSA) is 64.5 Å². The number of benzene rings is 1. The van der Waals surface area contributed by atoms with E-state index in [-0.39, 0.29) is 6.42 Å². The van der Waals surface area contributed by atoms with E-state index < -0.39 is 11.4 Å². The van der Waals surface area contributed by atoms with E-state index in [1.807, 2.05) is 31.2 Å². The first-order chi connectivity index (χ1) is 6.91. The highest BCUT2D eigenvalue weighted by atomic mass is 16.3. The molecule has 2 atom stereocenters. The van der Waals surface area contributed by atoms with Crippen molar-refractivity contribution in [1.82, 2.24) is 10.9 Å². The van der Waals surface area contributed by atoms with E-state index in [0.717, 1.165) is 11.1 Å². The summed E-state index contributed by atoms with van der Waals surface area (Å²) in [6.07, 6.45) is 0.211. The Morgan fingerprint density at radius 2 is 1.73 bits per heavy atom. The number of rotatable bonds is 1. The van der Waals surface area contributed by atoms with E-state index in [9.17, 15) is 10.2 Å². The van der Waals surface area contributed by atoms with Crippen LogP contribution in [0.1, 0.15) is 24.5 Å². The Labute approximate surface area is 88.9 Å². The molecule has 0 amide bonds. The van der Waals surface area contributed by atoms with Gasteiger partial charge in [-0.25, -0.2) is 10.9 Å². The van der Waals surface area contributed by atoms with Crippen molar-refractivity contribution in [2.45, 2.75) is 31.7 Å². The van der Waals surface area contributed by atoms with Gasteiger partial charge in [0, 0.05) is 6.42 Å². The molecule has 0 radical (unpaired) electrons. The van der Waals surface area contributed by atoms with Crippen LogP contribution >= 0.6 is 0 Å². The van der Waals surface area contributed by atoms with Gasteiger partial charge in [0.15, 0.2) is 5.72 Å². The third kappa shape index (κ3) is 2.03. The fraction of sp³-hybridized carbons (Fsp3) is 0.455. The van der Waals surface area contributed by atoms with Gasteiger partial charge in [0.25, 0.3) is 0 Å². The van der Waals surface area contributed by atoms with Crippen LogP contribution in [0.5, 0.6) is 0 Å². The summed E-state index contributed by atoms with van der Waals surface area (Å²) in [6.45, 7) is 3.61. The van der Waals surface area contributed by atoms with Crippen molar-refractivity contribution in [3.63, 3.8) is 0 Å². The fourth-order valence-corrected chi connectivity index (χ4v) is 1.83. The van der Waals surface area contributed by atoms with Crippen molar-refractivity contribution in [3.8, 4) is 0 Å². The normalized spacial score (nSPS) is 35.7. The Bertz CT molecular complexity index is 361. The lowest BCUT2D eigenvalue weighted by Crippen LogP contribution is -2.44. The summed E-state index contributed by atoms with van der Waals surface area (Å²) in [5.74, 6) is 0. The zero-order valence-electron chi connectivity index (χ0n) is 8.91. The highest BCUT2D eigenvalue weighted by Gasteiger charge is 2.44. The molecule has 1 fully saturated rings. The molecule has 4 N–H and O–H groups in total. The monoisotopic (exact) mass is 208 g/mol. The quantitative estimate of drug-likeness (QED) is 0.537. The van der Waals surface area contributed by atoms with Crippen molar-refractivity contribution in [3.05, 3.63) is 35.4 Å². The lowest BCUT2D eigenvalue weighted by Gasteiger charge is -2.23. The van der Waals surface area contributed by atoms with Crippen LogP contribution in [-0.2, 0) is 5.72 Å². The lowest BCUT2D eigenvalue weighted by atomic mass is 9.96. The Hall–Kier alpha value is -0.940. The second-order valence-electron chi connectivity index (χ2n) is 4.43. The smallest absolute Gasteiger partial charge is 0.158 e. The highest BCUT2D eigenvalue weighted by molar-refractivity contribution is 5.27. The summed E-state index contributed by atoms with van der Waals surface area (Å²) < 4.78 is 0. The van der Waals surface area contributed by atoms with Gasteiger partial charge in [0.05, 0.1) is 0 Å². The molecule has 1 heterocycles. The molecule has 2 unspecified atom stereocenters. The van der Waals surface area contributed by atoms with E-state index in [0.29, 0.717) is 0 Å². The maximum atomic E-state index is 10.3. The average Bonchev–Trinajstić information content (AvgIpc) is 2.43. The zero-order chi connectivity index (χ0) is 11.1. The Kier molecular flexibility index (Phi) is 2.31. The summed E-state index contributed by atoms with van der Waals surface area (Å²) in [6, 6.07) is 7.57. The number of hydrogen-bond donors (Lipinski definition) is 4. The van der Waals surface area contributed by atoms with Gasteiger partial charge in [0.2, 0.25) is 0 Å². The van der Waals surface area contributed by atoms with Crippen LogP contribution < -0.4 is 10.9 Å². The van der Waals surface area contributed by atoms with Crippen LogP contribution in [0.4, 0.5) is 0 Å². The molecular formula is C11H16N2O2. The van der Waals surface area contributed by atoms with E-state index >= 15 is 0 Å². The molecule has 1 saturated heterocycles. The molecule has 1 aromatic carbocycles. The average molecular weight is 208 g/mol. The minimum Gasteiger partial charge on any atom is -0.375 e. The second-order valence-corrected chi connectivity index (χ2v) is 4.43. The predicted molar refractivity (Wildman–Crippen MR) is 56.6 cm³/mol. The predicted octanol–water partition coefficient (Wildman–Crippen LogP) is 0.347. The highest BCUT2D eigenvalue weighted by Crippen LogP contribution is 2.30. The molecular weight excluding hydrogens is 192 g/mol. The third-order valence-corrected chi connectivity index (χ3v) is 2.67. The van der Waals surface area contributed by atoms with Crippen molar-refractivity contribution in [1.29, 1.82) is 0 Å². The minimum absolute atomic E-state index is 0.211. The van der Waals surface area contributed by atoms with Crippen LogP contribution in [-0.4, -0.2) is 15.9 Å². The van der Waals surface area contributed by atoms with Gasteiger partial charge >= 0.3 is 0 Å². The molecule has 2 rings (SSSR count). The number of aryl methyl sites for hydroxylation is 1. The summed E-state index contributed by atoms with van der Waals surface area (Å²) in [5.41, 5.74) is 4.98. The largest absolute Gasteiger partial charge is 0.375 e. The molecule has 82 valence electrons. The van der Waals surface area contributed by atoms with Crippen molar-refractivity contribution in [2.24, 2.45) is 0 Å². The van der Waals surface area contributed by atoms with Gasteiger partial charge in [-0.05, 0) is 19.4 Å². The fourth-order valence-electron chi connectivity index (χ4n) is 1.83. The number of hydrogen-bond acceptors (Lipinski definition) is 4. The molecule has 0 bridgehead atoms. The molecule has 0 spiro atoms. The van der Waals surface area contributed by atoms with Crippen molar-refractivity contribution >= 4 is 0 Å². The number of aliphatic hydroxyl groups is 2. The van der Waals surface area contributed by atoms with Crippen LogP contribution in [0.25, 0.3) is 0 Å². The van der Waals surface area contributed by atoms with Crippen molar-refractivity contribution < 1.29 is 10.2 Å². The summed E-state index contributed by atoms with van der Waals surface area (Å²) in [7, 11) is 0. The van der Waals surface area contributed by atoms with Crippen LogP contribution in [0.2, 0.25) is 0 Å². The van der Waals surface area contributed by atoms with Crippen LogP contribution in [0.15, 0.2) is 24.3 Å². The molecule has 0 saturated carbocycles. The molecule has 1 aromatic rings. The first-order valence-corrected chi connectivity index (χ1v) is 4.98. The third-order valence-electron chi connectivity index (χ3n) is 2.67. The zero-order valence-corrected chi connectivity index (χ0v) is 8.91. The maximum absolute atomic E-state index is 10.3. The van der Waals surface area contributed by atoms with Crippen molar-refractivity contribution in [2.75, 3.05) is 0 Å². The lowest BCUT2D eigenvalue weighted by molar-refractivity contribution is -0.0125. The second kappa shape index (κ2) is 3.28. The first-order valence-electron chi connectivity index (χ1n) is 4.98. The Balaban J connectivity index is 2.27. The molecule has 0 aromatic heterocycles. The Morgan fingerprint density at radius 1 is 1.13 bits per heavy atom. The van der Waals surface area contributed by atoms with E-state index in [1.165, 1.54) is 0 Å². The van der Waals surface area contributed by atoms with Gasteiger partial charge in [-0.15, -0.1) is 0 Å². The van der Waals surface area contributed by atoms with E-state index in [1.54, 1.807) is 6.92 Å². The molecule has 1 aliphatic rings. The molecule has 4 heteroatoms. The molecule has 1 aliphatic heterocycles. The summed E-state index contributed by atoms with van der Waals surface area (Å²) >= 11 is 0. The summed E-state index contributed by atoms with van der Waals surface area (Å²) in [5, 5.41) is 20.0. The van der Waals surface area contributed by atoms with Gasteiger partial charge in [-0.1, -0.05) is 29.8 Å². The molecule has 4 nitrogen and oxygen atoms in total. The summed E-state index contributed by atoms with van der Waals surface area (Å²) in [4.78, 5) is 0. The van der Waals surface area contributed by atoms with Gasteiger partial charge in [-0.2, -0.15) is 0 Å². The number of nitrogens with one attached hydrogen (secondary N) is 2. The van der Waals surface area contributed by atoms with Gasteiger partial charge in [-0.3, -0.25) is 0 Å². The maximum Gasteiger partial charge on any atom is 0.158 e. The van der Waals surface area contributed by atoms with Gasteiger partial charge < -0.3 is 10.2 Å². The number of hydrazine groups is 1. The minimum atomic E-state index is -1.20. The molecule has 0 aliphatic carbocycles. The standard InChI is InChI=1S/C11H16N2O2/c1-8-3-5-9(6-4-8)11(15)7-10(2,14)12-13-11/h3-6,12-15H,7H2,1-2H3. The first kappa shape index (κ1) is 10.6. The van der Waals surface area contributed by atoms with Gasteiger partial charge in [0.1, 0.15) is 5.72 Å².